The van der Waals surface area contributed by atoms with Gasteiger partial charge in [-0.1, -0.05) is 40.2 Å². The second-order valence-corrected chi connectivity index (χ2v) is 6.36. The van der Waals surface area contributed by atoms with Gasteiger partial charge in [0.1, 0.15) is 0 Å². The molecule has 22 heavy (non-hydrogen) atoms. The molecule has 0 aliphatic heterocycles. The minimum Gasteiger partial charge on any atom is -0.478 e. The van der Waals surface area contributed by atoms with Crippen molar-refractivity contribution >= 4 is 21.9 Å². The lowest BCUT2D eigenvalue weighted by Gasteiger charge is -2.14. The van der Waals surface area contributed by atoms with Crippen molar-refractivity contribution in [2.24, 2.45) is 0 Å². The largest absolute Gasteiger partial charge is 0.478 e. The zero-order valence-electron chi connectivity index (χ0n) is 12.6. The Balaban J connectivity index is 1.76. The first-order valence-corrected chi connectivity index (χ1v) is 8.14. The van der Waals surface area contributed by atoms with Crippen LogP contribution in [0.4, 0.5) is 0 Å². The van der Waals surface area contributed by atoms with Gasteiger partial charge in [-0.3, -0.25) is 0 Å². The Morgan fingerprint density at radius 2 is 1.68 bits per heavy atom. The first-order chi connectivity index (χ1) is 10.5. The lowest BCUT2D eigenvalue weighted by molar-refractivity contribution is 0.0697. The first kappa shape index (κ1) is 16.7. The maximum Gasteiger partial charge on any atom is 0.335 e. The number of aryl methyl sites for hydroxylation is 1. The molecule has 0 radical (unpaired) electrons. The molecule has 0 aliphatic rings. The monoisotopic (exact) mass is 361 g/mol. The van der Waals surface area contributed by atoms with Crippen molar-refractivity contribution in [3.8, 4) is 0 Å². The van der Waals surface area contributed by atoms with E-state index in [-0.39, 0.29) is 0 Å². The molecule has 3 nitrogen and oxygen atoms in total. The number of rotatable bonds is 7. The molecular weight excluding hydrogens is 342 g/mol. The Morgan fingerprint density at radius 3 is 2.27 bits per heavy atom. The molecule has 0 heterocycles. The summed E-state index contributed by atoms with van der Waals surface area (Å²) in [5.41, 5.74) is 2.76. The van der Waals surface area contributed by atoms with Crippen molar-refractivity contribution in [3.05, 3.63) is 69.7 Å². The van der Waals surface area contributed by atoms with Crippen LogP contribution in [0.3, 0.4) is 0 Å². The van der Waals surface area contributed by atoms with Crippen LogP contribution in [0.25, 0.3) is 0 Å². The summed E-state index contributed by atoms with van der Waals surface area (Å²) < 4.78 is 1.10. The molecule has 2 N–H and O–H groups in total. The summed E-state index contributed by atoms with van der Waals surface area (Å²) in [5, 5.41) is 12.3. The Labute approximate surface area is 139 Å². The molecular formula is C18H20BrNO2. The first-order valence-electron chi connectivity index (χ1n) is 7.34. The molecule has 0 fully saturated rings. The number of carboxylic acid groups (broad SMARTS) is 1. The van der Waals surface area contributed by atoms with Crippen molar-refractivity contribution in [3.63, 3.8) is 0 Å². The van der Waals surface area contributed by atoms with E-state index >= 15 is 0 Å². The van der Waals surface area contributed by atoms with Crippen LogP contribution in [0.2, 0.25) is 0 Å². The number of halogens is 1. The molecule has 0 amide bonds. The van der Waals surface area contributed by atoms with E-state index < -0.39 is 5.97 Å². The SMILES string of the molecule is CC(CCc1ccc(Br)cc1)NCc1ccc(C(=O)O)cc1. The number of aromatic carboxylic acids is 1. The fourth-order valence-electron chi connectivity index (χ4n) is 2.19. The summed E-state index contributed by atoms with van der Waals surface area (Å²) >= 11 is 3.44. The van der Waals surface area contributed by atoms with Crippen LogP contribution in [0.5, 0.6) is 0 Å². The van der Waals surface area contributed by atoms with Gasteiger partial charge in [0.15, 0.2) is 0 Å². The van der Waals surface area contributed by atoms with E-state index in [4.69, 9.17) is 5.11 Å². The highest BCUT2D eigenvalue weighted by Crippen LogP contribution is 2.12. The molecule has 0 spiro atoms. The number of nitrogens with one attached hydrogen (secondary N) is 1. The molecule has 2 aromatic rings. The molecule has 1 unspecified atom stereocenters. The van der Waals surface area contributed by atoms with E-state index in [1.807, 2.05) is 12.1 Å². The van der Waals surface area contributed by atoms with Gasteiger partial charge in [-0.15, -0.1) is 0 Å². The fraction of sp³-hybridized carbons (Fsp3) is 0.278. The van der Waals surface area contributed by atoms with E-state index in [2.05, 4.69) is 52.4 Å². The number of hydrogen-bond acceptors (Lipinski definition) is 2. The number of carboxylic acids is 1. The maximum absolute atomic E-state index is 10.8. The van der Waals surface area contributed by atoms with Gasteiger partial charge < -0.3 is 10.4 Å². The lowest BCUT2D eigenvalue weighted by Crippen LogP contribution is -2.26. The highest BCUT2D eigenvalue weighted by molar-refractivity contribution is 9.10. The molecule has 0 aromatic heterocycles. The zero-order chi connectivity index (χ0) is 15.9. The standard InChI is InChI=1S/C18H20BrNO2/c1-13(2-3-14-6-10-17(19)11-7-14)20-12-15-4-8-16(9-5-15)18(21)22/h4-11,13,20H,2-3,12H2,1H3,(H,21,22). The predicted molar refractivity (Wildman–Crippen MR) is 92.2 cm³/mol. The van der Waals surface area contributed by atoms with Gasteiger partial charge in [0.2, 0.25) is 0 Å². The van der Waals surface area contributed by atoms with Gasteiger partial charge in [0.25, 0.3) is 0 Å². The number of hydrogen-bond donors (Lipinski definition) is 2. The molecule has 2 rings (SSSR count). The Morgan fingerprint density at radius 1 is 1.09 bits per heavy atom. The molecule has 1 atom stereocenters. The molecule has 2 aromatic carbocycles. The van der Waals surface area contributed by atoms with Gasteiger partial charge >= 0.3 is 5.97 Å². The van der Waals surface area contributed by atoms with Crippen molar-refractivity contribution < 1.29 is 9.90 Å². The van der Waals surface area contributed by atoms with Crippen LogP contribution in [0.15, 0.2) is 53.0 Å². The van der Waals surface area contributed by atoms with Crippen molar-refractivity contribution in [2.75, 3.05) is 0 Å². The normalized spacial score (nSPS) is 12.1. The average Bonchev–Trinajstić information content (AvgIpc) is 2.52. The van der Waals surface area contributed by atoms with Crippen LogP contribution in [-0.2, 0) is 13.0 Å². The van der Waals surface area contributed by atoms with Crippen LogP contribution in [-0.4, -0.2) is 17.1 Å². The quantitative estimate of drug-likeness (QED) is 0.774. The zero-order valence-corrected chi connectivity index (χ0v) is 14.1. The van der Waals surface area contributed by atoms with Crippen molar-refractivity contribution in [1.29, 1.82) is 0 Å². The average molecular weight is 362 g/mol. The Kier molecular flexibility index (Phi) is 6.16. The second-order valence-electron chi connectivity index (χ2n) is 5.45. The second kappa shape index (κ2) is 8.11. The van der Waals surface area contributed by atoms with Gasteiger partial charge in [-0.05, 0) is 55.2 Å². The summed E-state index contributed by atoms with van der Waals surface area (Å²) in [5.74, 6) is -0.887. The minimum absolute atomic E-state index is 0.326. The summed E-state index contributed by atoms with van der Waals surface area (Å²) in [6.07, 6.45) is 2.11. The van der Waals surface area contributed by atoms with Gasteiger partial charge in [-0.25, -0.2) is 4.79 Å². The minimum atomic E-state index is -0.887. The van der Waals surface area contributed by atoms with E-state index in [9.17, 15) is 4.79 Å². The Bertz CT molecular complexity index is 608. The van der Waals surface area contributed by atoms with E-state index in [1.54, 1.807) is 12.1 Å². The number of benzene rings is 2. The Hall–Kier alpha value is -1.65. The van der Waals surface area contributed by atoms with E-state index in [1.165, 1.54) is 5.56 Å². The van der Waals surface area contributed by atoms with Crippen LogP contribution in [0.1, 0.15) is 34.8 Å². The third-order valence-corrected chi connectivity index (χ3v) is 4.16. The van der Waals surface area contributed by atoms with Crippen LogP contribution < -0.4 is 5.32 Å². The fourth-order valence-corrected chi connectivity index (χ4v) is 2.46. The topological polar surface area (TPSA) is 49.3 Å². The van der Waals surface area contributed by atoms with E-state index in [0.717, 1.165) is 29.4 Å². The molecule has 0 saturated heterocycles. The molecule has 116 valence electrons. The van der Waals surface area contributed by atoms with Crippen LogP contribution >= 0.6 is 15.9 Å². The molecule has 0 saturated carbocycles. The van der Waals surface area contributed by atoms with Gasteiger partial charge in [0.05, 0.1) is 5.56 Å². The van der Waals surface area contributed by atoms with E-state index in [0.29, 0.717) is 11.6 Å². The van der Waals surface area contributed by atoms with Crippen molar-refractivity contribution in [2.45, 2.75) is 32.4 Å². The third-order valence-electron chi connectivity index (χ3n) is 3.63. The lowest BCUT2D eigenvalue weighted by atomic mass is 10.1. The highest BCUT2D eigenvalue weighted by atomic mass is 79.9. The smallest absolute Gasteiger partial charge is 0.335 e. The summed E-state index contributed by atoms with van der Waals surface area (Å²) in [4.78, 5) is 10.8. The van der Waals surface area contributed by atoms with Crippen molar-refractivity contribution in [1.82, 2.24) is 5.32 Å². The van der Waals surface area contributed by atoms with Gasteiger partial charge in [0, 0.05) is 17.1 Å². The van der Waals surface area contributed by atoms with Crippen LogP contribution in [0, 0.1) is 0 Å². The highest BCUT2D eigenvalue weighted by Gasteiger charge is 2.04. The number of carbonyl (C=O) groups is 1. The summed E-state index contributed by atoms with van der Waals surface area (Å²) in [6.45, 7) is 2.92. The molecule has 0 aliphatic carbocycles. The third kappa shape index (κ3) is 5.28. The molecule has 0 bridgehead atoms. The predicted octanol–water partition coefficient (Wildman–Crippen LogP) is 4.26. The van der Waals surface area contributed by atoms with Gasteiger partial charge in [-0.2, -0.15) is 0 Å². The summed E-state index contributed by atoms with van der Waals surface area (Å²) in [7, 11) is 0. The summed E-state index contributed by atoms with van der Waals surface area (Å²) in [6, 6.07) is 15.8. The molecule has 4 heteroatoms. The maximum atomic E-state index is 10.8.